The Balaban J connectivity index is 1.42. The van der Waals surface area contributed by atoms with E-state index in [4.69, 9.17) is 9.72 Å². The highest BCUT2D eigenvalue weighted by atomic mass is 16.5. The van der Waals surface area contributed by atoms with Crippen LogP contribution in [0.3, 0.4) is 0 Å². The van der Waals surface area contributed by atoms with Crippen LogP contribution in [0.5, 0.6) is 0 Å². The number of carboxylic acid groups (broad SMARTS) is 1. The third kappa shape index (κ3) is 3.12. The summed E-state index contributed by atoms with van der Waals surface area (Å²) >= 11 is 0. The normalized spacial score (nSPS) is 20.8. The molecule has 9 heteroatoms. The number of H-pyrrole nitrogens is 1. The van der Waals surface area contributed by atoms with E-state index >= 15 is 0 Å². The molecule has 0 bridgehead atoms. The molecule has 2 N–H and O–H groups in total. The molecule has 0 spiro atoms. The minimum Gasteiger partial charge on any atom is -0.479 e. The van der Waals surface area contributed by atoms with E-state index in [0.29, 0.717) is 25.7 Å². The first-order chi connectivity index (χ1) is 16.6. The molecular formula is C25H24N6O3. The third-order valence-electron chi connectivity index (χ3n) is 7.06. The van der Waals surface area contributed by atoms with Crippen LogP contribution >= 0.6 is 0 Å². The van der Waals surface area contributed by atoms with Gasteiger partial charge in [0.05, 0.1) is 23.8 Å². The Bertz CT molecular complexity index is 1490. The van der Waals surface area contributed by atoms with Crippen molar-refractivity contribution < 1.29 is 14.6 Å². The van der Waals surface area contributed by atoms with E-state index in [1.165, 1.54) is 7.11 Å². The van der Waals surface area contributed by atoms with E-state index < -0.39 is 11.6 Å². The van der Waals surface area contributed by atoms with Gasteiger partial charge in [-0.2, -0.15) is 14.7 Å². The number of fused-ring (bicyclic) bond motifs is 3. The summed E-state index contributed by atoms with van der Waals surface area (Å²) in [6.45, 7) is 0. The van der Waals surface area contributed by atoms with E-state index in [2.05, 4.69) is 15.2 Å². The number of para-hydroxylation sites is 1. The van der Waals surface area contributed by atoms with Crippen molar-refractivity contribution >= 4 is 22.6 Å². The first-order valence-corrected chi connectivity index (χ1v) is 11.3. The largest absolute Gasteiger partial charge is 0.479 e. The summed E-state index contributed by atoms with van der Waals surface area (Å²) in [5.74, 6) is -0.752. The number of hydrogen-bond acceptors (Lipinski definition) is 5. The number of carboxylic acids is 1. The molecule has 0 atom stereocenters. The average Bonchev–Trinajstić information content (AvgIpc) is 3.63. The van der Waals surface area contributed by atoms with Gasteiger partial charge in [-0.1, -0.05) is 18.2 Å². The van der Waals surface area contributed by atoms with Crippen LogP contribution in [-0.4, -0.2) is 53.1 Å². The van der Waals surface area contributed by atoms with Crippen LogP contribution in [0.2, 0.25) is 0 Å². The van der Waals surface area contributed by atoms with Gasteiger partial charge in [0.2, 0.25) is 0 Å². The standard InChI is InChI=1S/C25H24N6O3/c1-34-25(24(32)33)10-7-16(8-11-25)21-19-9-12-26-22(19)31-23(29-21)20(14-28-31)17-13-27-30(15-17)18-5-3-2-4-6-18/h2-6,9,12-16,26H,7-8,10-11H2,1H3,(H,32,33). The first-order valence-electron chi connectivity index (χ1n) is 11.3. The molecule has 5 aromatic rings. The number of carbonyl (C=O) groups is 1. The number of aromatic amines is 1. The molecule has 34 heavy (non-hydrogen) atoms. The SMILES string of the molecule is COC1(C(=O)O)CCC(c2nc3c(-c4cnn(-c5ccccc5)c4)cnn3c3[nH]ccc23)CC1. The van der Waals surface area contributed by atoms with Gasteiger partial charge in [-0.15, -0.1) is 0 Å². The van der Waals surface area contributed by atoms with Gasteiger partial charge in [0.1, 0.15) is 5.65 Å². The molecule has 172 valence electrons. The van der Waals surface area contributed by atoms with Crippen LogP contribution in [0.15, 0.2) is 61.2 Å². The van der Waals surface area contributed by atoms with E-state index in [1.807, 2.05) is 70.4 Å². The second kappa shape index (κ2) is 7.81. The van der Waals surface area contributed by atoms with Gasteiger partial charge < -0.3 is 14.8 Å². The van der Waals surface area contributed by atoms with Gasteiger partial charge in [0.25, 0.3) is 0 Å². The van der Waals surface area contributed by atoms with Gasteiger partial charge >= 0.3 is 5.97 Å². The predicted octanol–water partition coefficient (Wildman–Crippen LogP) is 4.19. The topological polar surface area (TPSA) is 110 Å². The highest BCUT2D eigenvalue weighted by Crippen LogP contribution is 2.41. The Morgan fingerprint density at radius 2 is 1.94 bits per heavy atom. The summed E-state index contributed by atoms with van der Waals surface area (Å²) in [6.07, 6.45) is 9.82. The molecule has 4 aromatic heterocycles. The van der Waals surface area contributed by atoms with Crippen molar-refractivity contribution in [3.8, 4) is 16.8 Å². The second-order valence-corrected chi connectivity index (χ2v) is 8.82. The molecule has 1 aliphatic carbocycles. The summed E-state index contributed by atoms with van der Waals surface area (Å²) < 4.78 is 9.09. The monoisotopic (exact) mass is 456 g/mol. The summed E-state index contributed by atoms with van der Waals surface area (Å²) in [4.78, 5) is 20.2. The fraction of sp³-hybridized carbons (Fsp3) is 0.280. The maximum Gasteiger partial charge on any atom is 0.335 e. The van der Waals surface area contributed by atoms with Crippen LogP contribution in [0.4, 0.5) is 0 Å². The molecular weight excluding hydrogens is 432 g/mol. The zero-order chi connectivity index (χ0) is 23.3. The fourth-order valence-electron chi connectivity index (χ4n) is 5.09. The van der Waals surface area contributed by atoms with E-state index in [1.54, 1.807) is 0 Å². The van der Waals surface area contributed by atoms with Crippen molar-refractivity contribution in [3.05, 3.63) is 66.9 Å². The Morgan fingerprint density at radius 3 is 2.68 bits per heavy atom. The summed E-state index contributed by atoms with van der Waals surface area (Å²) in [5.41, 5.74) is 4.29. The Labute approximate surface area is 195 Å². The zero-order valence-electron chi connectivity index (χ0n) is 18.7. The molecule has 1 aliphatic rings. The van der Waals surface area contributed by atoms with Crippen molar-refractivity contribution in [3.63, 3.8) is 0 Å². The zero-order valence-corrected chi connectivity index (χ0v) is 18.7. The lowest BCUT2D eigenvalue weighted by Crippen LogP contribution is -2.43. The summed E-state index contributed by atoms with van der Waals surface area (Å²) in [6, 6.07) is 12.0. The third-order valence-corrected chi connectivity index (χ3v) is 7.06. The molecule has 1 aromatic carbocycles. The van der Waals surface area contributed by atoms with Gasteiger partial charge in [-0.25, -0.2) is 14.5 Å². The van der Waals surface area contributed by atoms with E-state index in [9.17, 15) is 9.90 Å². The molecule has 6 rings (SSSR count). The Morgan fingerprint density at radius 1 is 1.15 bits per heavy atom. The number of rotatable bonds is 5. The Hall–Kier alpha value is -3.98. The number of hydrogen-bond donors (Lipinski definition) is 2. The molecule has 0 amide bonds. The van der Waals surface area contributed by atoms with Crippen LogP contribution < -0.4 is 0 Å². The van der Waals surface area contributed by atoms with Crippen molar-refractivity contribution in [1.29, 1.82) is 0 Å². The van der Waals surface area contributed by atoms with Crippen molar-refractivity contribution in [2.75, 3.05) is 7.11 Å². The quantitative estimate of drug-likeness (QED) is 0.410. The molecule has 0 aliphatic heterocycles. The highest BCUT2D eigenvalue weighted by Gasteiger charge is 2.43. The lowest BCUT2D eigenvalue weighted by atomic mass is 9.77. The molecule has 0 unspecified atom stereocenters. The first kappa shape index (κ1) is 20.6. The number of ether oxygens (including phenoxy) is 1. The van der Waals surface area contributed by atoms with Crippen molar-refractivity contribution in [1.82, 2.24) is 29.4 Å². The number of methoxy groups -OCH3 is 1. The van der Waals surface area contributed by atoms with Gasteiger partial charge in [-0.05, 0) is 43.9 Å². The van der Waals surface area contributed by atoms with Crippen LogP contribution in [0.25, 0.3) is 33.5 Å². The molecule has 1 fully saturated rings. The van der Waals surface area contributed by atoms with Crippen LogP contribution in [0.1, 0.15) is 37.3 Å². The number of aromatic nitrogens is 6. The Kier molecular flexibility index (Phi) is 4.73. The van der Waals surface area contributed by atoms with Gasteiger partial charge in [0.15, 0.2) is 11.2 Å². The van der Waals surface area contributed by atoms with E-state index in [0.717, 1.165) is 39.2 Å². The molecule has 1 saturated carbocycles. The average molecular weight is 457 g/mol. The number of benzene rings is 1. The minimum atomic E-state index is -1.11. The number of nitrogens with zero attached hydrogens (tertiary/aromatic N) is 5. The minimum absolute atomic E-state index is 0.140. The lowest BCUT2D eigenvalue weighted by Gasteiger charge is -2.35. The summed E-state index contributed by atoms with van der Waals surface area (Å²) in [5, 5.41) is 19.8. The van der Waals surface area contributed by atoms with Crippen LogP contribution in [0, 0.1) is 0 Å². The lowest BCUT2D eigenvalue weighted by molar-refractivity contribution is -0.166. The van der Waals surface area contributed by atoms with Gasteiger partial charge in [-0.3, -0.25) is 0 Å². The van der Waals surface area contributed by atoms with E-state index in [-0.39, 0.29) is 5.92 Å². The molecule has 0 radical (unpaired) electrons. The maximum atomic E-state index is 11.8. The number of aliphatic carboxylic acids is 1. The predicted molar refractivity (Wildman–Crippen MR) is 126 cm³/mol. The molecule has 4 heterocycles. The second-order valence-electron chi connectivity index (χ2n) is 8.82. The molecule has 9 nitrogen and oxygen atoms in total. The van der Waals surface area contributed by atoms with Crippen molar-refractivity contribution in [2.24, 2.45) is 0 Å². The van der Waals surface area contributed by atoms with Crippen molar-refractivity contribution in [2.45, 2.75) is 37.2 Å². The summed E-state index contributed by atoms with van der Waals surface area (Å²) in [7, 11) is 1.48. The maximum absolute atomic E-state index is 11.8. The number of nitrogens with one attached hydrogen (secondary N) is 1. The van der Waals surface area contributed by atoms with Gasteiger partial charge in [0, 0.05) is 41.9 Å². The molecule has 0 saturated heterocycles. The van der Waals surface area contributed by atoms with Crippen LogP contribution in [-0.2, 0) is 9.53 Å². The fourth-order valence-corrected chi connectivity index (χ4v) is 5.09. The smallest absolute Gasteiger partial charge is 0.335 e. The highest BCUT2D eigenvalue weighted by molar-refractivity contribution is 5.86.